The van der Waals surface area contributed by atoms with Gasteiger partial charge < -0.3 is 20.8 Å². The molecule has 0 spiro atoms. The number of anilines is 2. The highest BCUT2D eigenvalue weighted by molar-refractivity contribution is 5.75. The van der Waals surface area contributed by atoms with E-state index in [1.807, 2.05) is 50.2 Å². The average Bonchev–Trinajstić information content (AvgIpc) is 2.98. The SMILES string of the molecule is CCc1nc(NCCCCCCCCNc2nc(C)c(-c3ccccc3O)c(CC)n2)nc(C)c1-c1ccccc1O. The van der Waals surface area contributed by atoms with Crippen LogP contribution in [0.4, 0.5) is 11.9 Å². The second-order valence-electron chi connectivity index (χ2n) is 10.6. The summed E-state index contributed by atoms with van der Waals surface area (Å²) in [5, 5.41) is 27.4. The summed E-state index contributed by atoms with van der Waals surface area (Å²) in [4.78, 5) is 18.8. The highest BCUT2D eigenvalue weighted by atomic mass is 16.3. The van der Waals surface area contributed by atoms with Crippen molar-refractivity contribution in [3.8, 4) is 33.8 Å². The Morgan fingerprint density at radius 1 is 0.548 bits per heavy atom. The maximum atomic E-state index is 10.3. The van der Waals surface area contributed by atoms with Gasteiger partial charge in [0.1, 0.15) is 11.5 Å². The standard InChI is InChI=1S/C34H44N6O2/c1-5-27-31(25-17-11-13-19-29(25)41)23(3)37-33(39-27)35-21-15-9-7-8-10-16-22-36-34-38-24(4)32(28(6-2)40-34)26-18-12-14-20-30(26)42/h11-14,17-20,41-42H,5-10,15-16,21-22H2,1-4H3,(H,35,37,39)(H,36,38,40). The van der Waals surface area contributed by atoms with Crippen LogP contribution in [-0.2, 0) is 12.8 Å². The van der Waals surface area contributed by atoms with Crippen molar-refractivity contribution in [2.75, 3.05) is 23.7 Å². The van der Waals surface area contributed by atoms with Crippen LogP contribution >= 0.6 is 0 Å². The lowest BCUT2D eigenvalue weighted by atomic mass is 10.00. The van der Waals surface area contributed by atoms with Gasteiger partial charge in [0.25, 0.3) is 0 Å². The Labute approximate surface area is 249 Å². The first-order valence-electron chi connectivity index (χ1n) is 15.2. The normalized spacial score (nSPS) is 11.0. The molecule has 0 aliphatic rings. The van der Waals surface area contributed by atoms with E-state index in [0.29, 0.717) is 11.9 Å². The number of nitrogens with one attached hydrogen (secondary N) is 2. The van der Waals surface area contributed by atoms with Crippen molar-refractivity contribution in [2.24, 2.45) is 0 Å². The van der Waals surface area contributed by atoms with E-state index in [0.717, 1.165) is 96.6 Å². The fourth-order valence-corrected chi connectivity index (χ4v) is 5.36. The third-order valence-electron chi connectivity index (χ3n) is 7.52. The van der Waals surface area contributed by atoms with Gasteiger partial charge in [0.15, 0.2) is 0 Å². The first-order valence-corrected chi connectivity index (χ1v) is 15.2. The third kappa shape index (κ3) is 7.75. The second kappa shape index (κ2) is 15.1. The number of hydrogen-bond acceptors (Lipinski definition) is 8. The Morgan fingerprint density at radius 2 is 0.929 bits per heavy atom. The van der Waals surface area contributed by atoms with E-state index in [-0.39, 0.29) is 11.5 Å². The summed E-state index contributed by atoms with van der Waals surface area (Å²) in [6, 6.07) is 14.7. The van der Waals surface area contributed by atoms with Gasteiger partial charge in [0.2, 0.25) is 11.9 Å². The summed E-state index contributed by atoms with van der Waals surface area (Å²) in [7, 11) is 0. The zero-order valence-electron chi connectivity index (χ0n) is 25.4. The van der Waals surface area contributed by atoms with Crippen molar-refractivity contribution in [2.45, 2.75) is 79.1 Å². The summed E-state index contributed by atoms with van der Waals surface area (Å²) < 4.78 is 0. The zero-order chi connectivity index (χ0) is 29.9. The fraction of sp³-hybridized carbons (Fsp3) is 0.412. The average molecular weight is 569 g/mol. The molecule has 0 radical (unpaired) electrons. The molecule has 222 valence electrons. The Balaban J connectivity index is 1.16. The lowest BCUT2D eigenvalue weighted by molar-refractivity contribution is 0.476. The minimum absolute atomic E-state index is 0.254. The molecule has 42 heavy (non-hydrogen) atoms. The maximum Gasteiger partial charge on any atom is 0.223 e. The van der Waals surface area contributed by atoms with Crippen LogP contribution in [0.3, 0.4) is 0 Å². The predicted octanol–water partition coefficient (Wildman–Crippen LogP) is 7.62. The molecule has 8 nitrogen and oxygen atoms in total. The van der Waals surface area contributed by atoms with Crippen LogP contribution in [-0.4, -0.2) is 43.2 Å². The Morgan fingerprint density at radius 3 is 1.31 bits per heavy atom. The molecule has 0 fully saturated rings. The van der Waals surface area contributed by atoms with E-state index in [1.54, 1.807) is 12.1 Å². The van der Waals surface area contributed by atoms with Gasteiger partial charge in [-0.25, -0.2) is 19.9 Å². The molecule has 0 saturated heterocycles. The van der Waals surface area contributed by atoms with E-state index in [4.69, 9.17) is 9.97 Å². The molecule has 8 heteroatoms. The van der Waals surface area contributed by atoms with E-state index >= 15 is 0 Å². The number of aromatic nitrogens is 4. The largest absolute Gasteiger partial charge is 0.507 e. The first kappa shape index (κ1) is 30.8. The van der Waals surface area contributed by atoms with Crippen LogP contribution in [0.5, 0.6) is 11.5 Å². The number of aromatic hydroxyl groups is 2. The third-order valence-corrected chi connectivity index (χ3v) is 7.52. The molecule has 0 amide bonds. The van der Waals surface area contributed by atoms with Crippen LogP contribution in [0, 0.1) is 13.8 Å². The Kier molecular flexibility index (Phi) is 11.1. The predicted molar refractivity (Wildman–Crippen MR) is 171 cm³/mol. The van der Waals surface area contributed by atoms with Gasteiger partial charge in [-0.1, -0.05) is 75.9 Å². The van der Waals surface area contributed by atoms with Crippen molar-refractivity contribution in [1.82, 2.24) is 19.9 Å². The molecule has 4 N–H and O–H groups in total. The number of phenols is 2. The van der Waals surface area contributed by atoms with Crippen molar-refractivity contribution < 1.29 is 10.2 Å². The van der Waals surface area contributed by atoms with Gasteiger partial charge in [0, 0.05) is 35.3 Å². The first-order chi connectivity index (χ1) is 20.4. The number of aryl methyl sites for hydroxylation is 4. The number of nitrogens with zero attached hydrogens (tertiary/aromatic N) is 4. The van der Waals surface area contributed by atoms with Crippen molar-refractivity contribution in [3.63, 3.8) is 0 Å². The number of phenolic OH excluding ortho intramolecular Hbond substituents is 2. The fourth-order valence-electron chi connectivity index (χ4n) is 5.36. The number of para-hydroxylation sites is 2. The molecule has 2 heterocycles. The van der Waals surface area contributed by atoms with Crippen LogP contribution < -0.4 is 10.6 Å². The molecule has 0 unspecified atom stereocenters. The quantitative estimate of drug-likeness (QED) is 0.108. The molecule has 4 rings (SSSR count). The molecule has 2 aromatic carbocycles. The van der Waals surface area contributed by atoms with Gasteiger partial charge in [-0.2, -0.15) is 0 Å². The Bertz CT molecular complexity index is 1360. The molecule has 0 bridgehead atoms. The molecule has 0 atom stereocenters. The second-order valence-corrected chi connectivity index (χ2v) is 10.6. The molecule has 0 aliphatic heterocycles. The summed E-state index contributed by atoms with van der Waals surface area (Å²) in [6.07, 6.45) is 8.38. The Hall–Kier alpha value is -4.20. The van der Waals surface area contributed by atoms with Crippen LogP contribution in [0.25, 0.3) is 22.3 Å². The van der Waals surface area contributed by atoms with Crippen molar-refractivity contribution in [1.29, 1.82) is 0 Å². The summed E-state index contributed by atoms with van der Waals surface area (Å²) in [5.41, 5.74) is 7.04. The van der Waals surface area contributed by atoms with E-state index in [9.17, 15) is 10.2 Å². The van der Waals surface area contributed by atoms with Gasteiger partial charge >= 0.3 is 0 Å². The van der Waals surface area contributed by atoms with Crippen LogP contribution in [0.2, 0.25) is 0 Å². The van der Waals surface area contributed by atoms with Gasteiger partial charge in [-0.3, -0.25) is 0 Å². The molecule has 4 aromatic rings. The van der Waals surface area contributed by atoms with E-state index in [1.165, 1.54) is 12.8 Å². The highest BCUT2D eigenvalue weighted by Gasteiger charge is 2.16. The number of rotatable bonds is 15. The van der Waals surface area contributed by atoms with Gasteiger partial charge in [-0.15, -0.1) is 0 Å². The monoisotopic (exact) mass is 568 g/mol. The summed E-state index contributed by atoms with van der Waals surface area (Å²) >= 11 is 0. The molecular formula is C34H44N6O2. The highest BCUT2D eigenvalue weighted by Crippen LogP contribution is 2.34. The van der Waals surface area contributed by atoms with Gasteiger partial charge in [-0.05, 0) is 51.7 Å². The van der Waals surface area contributed by atoms with Crippen LogP contribution in [0.15, 0.2) is 48.5 Å². The smallest absolute Gasteiger partial charge is 0.223 e. The summed E-state index contributed by atoms with van der Waals surface area (Å²) in [6.45, 7) is 9.79. The number of hydrogen-bond donors (Lipinski definition) is 4. The van der Waals surface area contributed by atoms with Crippen LogP contribution in [0.1, 0.15) is 75.1 Å². The van der Waals surface area contributed by atoms with Gasteiger partial charge in [0.05, 0.1) is 22.8 Å². The maximum absolute atomic E-state index is 10.3. The molecule has 0 saturated carbocycles. The number of benzene rings is 2. The molecule has 2 aromatic heterocycles. The topological polar surface area (TPSA) is 116 Å². The van der Waals surface area contributed by atoms with Crippen molar-refractivity contribution >= 4 is 11.9 Å². The lowest BCUT2D eigenvalue weighted by Crippen LogP contribution is -2.10. The summed E-state index contributed by atoms with van der Waals surface area (Å²) in [5.74, 6) is 1.83. The lowest BCUT2D eigenvalue weighted by Gasteiger charge is -2.14. The zero-order valence-corrected chi connectivity index (χ0v) is 25.4. The number of unbranched alkanes of at least 4 members (excludes halogenated alkanes) is 5. The molecule has 0 aliphatic carbocycles. The molecular weight excluding hydrogens is 524 g/mol. The van der Waals surface area contributed by atoms with Crippen molar-refractivity contribution in [3.05, 3.63) is 71.3 Å². The minimum Gasteiger partial charge on any atom is -0.507 e. The van der Waals surface area contributed by atoms with E-state index < -0.39 is 0 Å². The van der Waals surface area contributed by atoms with E-state index in [2.05, 4.69) is 34.4 Å². The minimum atomic E-state index is 0.254.